The second-order valence-electron chi connectivity index (χ2n) is 12.2. The van der Waals surface area contributed by atoms with E-state index in [1.165, 1.54) is 0 Å². The maximum atomic E-state index is 15.0. The molecule has 4 aromatic rings. The molecule has 0 saturated carbocycles. The molecule has 4 aromatic carbocycles. The van der Waals surface area contributed by atoms with Crippen LogP contribution in [0.15, 0.2) is 71.7 Å². The summed E-state index contributed by atoms with van der Waals surface area (Å²) in [5, 5.41) is 0. The average Bonchev–Trinajstić information content (AvgIpc) is 3.19. The molecule has 0 bridgehead atoms. The average molecular weight is 749 g/mol. The monoisotopic (exact) mass is 748 g/mol. The lowest BCUT2D eigenvalue weighted by Gasteiger charge is -2.29. The first-order valence-electron chi connectivity index (χ1n) is 17.1. The van der Waals surface area contributed by atoms with Crippen LogP contribution in [0, 0.1) is 0 Å². The van der Waals surface area contributed by atoms with Gasteiger partial charge >= 0.3 is 0 Å². The molecule has 12 heteroatoms. The summed E-state index contributed by atoms with van der Waals surface area (Å²) in [5.41, 5.74) is 4.94. The Hall–Kier alpha value is -5.29. The molecule has 0 fully saturated rings. The van der Waals surface area contributed by atoms with E-state index in [-0.39, 0.29) is 24.4 Å². The van der Waals surface area contributed by atoms with Crippen molar-refractivity contribution in [3.05, 3.63) is 94.5 Å². The zero-order valence-electron chi connectivity index (χ0n) is 31.6. The van der Waals surface area contributed by atoms with Crippen LogP contribution in [-0.2, 0) is 30.5 Å². The number of methoxy groups -OCH3 is 8. The summed E-state index contributed by atoms with van der Waals surface area (Å²) >= 11 is 0. The Morgan fingerprint density at radius 1 is 0.623 bits per heavy atom. The van der Waals surface area contributed by atoms with Gasteiger partial charge in [0.1, 0.15) is 5.71 Å². The lowest BCUT2D eigenvalue weighted by atomic mass is 9.89. The predicted octanol–water partition coefficient (Wildman–Crippen LogP) is 6.45. The Bertz CT molecular complexity index is 1820. The minimum atomic E-state index is -0.204. The molecular weight excluding hydrogens is 700 g/mol. The number of hydrogen-bond donors (Lipinski definition) is 0. The van der Waals surface area contributed by atoms with Gasteiger partial charge in [0.15, 0.2) is 34.5 Å². The van der Waals surface area contributed by atoms with Gasteiger partial charge in [-0.1, -0.05) is 42.5 Å². The van der Waals surface area contributed by atoms with Crippen LogP contribution >= 0.6 is 12.4 Å². The molecule has 284 valence electrons. The highest BCUT2D eigenvalue weighted by atomic mass is 35.5. The molecule has 1 aliphatic heterocycles. The number of aliphatic imine (C=N–C) groups is 1. The fourth-order valence-corrected chi connectivity index (χ4v) is 6.73. The first-order chi connectivity index (χ1) is 25.3. The Labute approximate surface area is 318 Å². The molecule has 0 N–H and O–H groups in total. The van der Waals surface area contributed by atoms with Crippen molar-refractivity contribution in [2.75, 3.05) is 70.0 Å². The SMILES string of the molecule is COc1cc2c(cc1OC)C(C(=O)N(CCc1ccc(OC)c(OC)c1OC)CCc1ccc(OC)c(OC)c1OC)=NC(Cc1ccccc1)C2.Cl. The molecule has 1 atom stereocenters. The number of benzene rings is 4. The molecule has 0 aliphatic carbocycles. The Morgan fingerprint density at radius 3 is 1.58 bits per heavy atom. The van der Waals surface area contributed by atoms with E-state index >= 15 is 0 Å². The molecule has 1 heterocycles. The summed E-state index contributed by atoms with van der Waals surface area (Å²) in [4.78, 5) is 22.0. The molecule has 0 aromatic heterocycles. The summed E-state index contributed by atoms with van der Waals surface area (Å²) in [6.07, 6.45) is 2.26. The van der Waals surface area contributed by atoms with Gasteiger partial charge in [-0.3, -0.25) is 9.79 Å². The lowest BCUT2D eigenvalue weighted by Crippen LogP contribution is -2.42. The van der Waals surface area contributed by atoms with Crippen molar-refractivity contribution in [2.24, 2.45) is 4.99 Å². The number of carbonyl (C=O) groups excluding carboxylic acids is 1. The number of fused-ring (bicyclic) bond motifs is 1. The molecule has 1 amide bonds. The number of halogens is 1. The standard InChI is InChI=1S/C41H48N2O9.ClH/c1-45-32-16-14-27(37(49-5)39(32)51-7)18-20-43(21-19-28-15-17-33(46-2)40(52-8)38(28)50-6)41(44)36-31-25-35(48-4)34(47-3)24-29(31)23-30(42-36)22-26-12-10-9-11-13-26;/h9-17,24-25,30H,18-23H2,1-8H3;1H. The molecular formula is C41H49ClN2O9. The number of rotatable bonds is 17. The van der Waals surface area contributed by atoms with Gasteiger partial charge in [-0.25, -0.2) is 0 Å². The van der Waals surface area contributed by atoms with Crippen LogP contribution in [0.4, 0.5) is 0 Å². The number of amides is 1. The van der Waals surface area contributed by atoms with Crippen LogP contribution in [0.25, 0.3) is 0 Å². The third-order valence-corrected chi connectivity index (χ3v) is 9.31. The summed E-state index contributed by atoms with van der Waals surface area (Å²) in [5.74, 6) is 4.12. The van der Waals surface area contributed by atoms with Crippen LogP contribution in [0.2, 0.25) is 0 Å². The third-order valence-electron chi connectivity index (χ3n) is 9.31. The topological polar surface area (TPSA) is 107 Å². The van der Waals surface area contributed by atoms with E-state index in [1.54, 1.807) is 56.9 Å². The van der Waals surface area contributed by atoms with E-state index < -0.39 is 0 Å². The van der Waals surface area contributed by atoms with Crippen molar-refractivity contribution in [1.82, 2.24) is 4.90 Å². The predicted molar refractivity (Wildman–Crippen MR) is 207 cm³/mol. The van der Waals surface area contributed by atoms with Gasteiger partial charge < -0.3 is 42.8 Å². The van der Waals surface area contributed by atoms with E-state index in [0.717, 1.165) is 27.8 Å². The van der Waals surface area contributed by atoms with Gasteiger partial charge in [0.2, 0.25) is 11.5 Å². The molecule has 11 nitrogen and oxygen atoms in total. The van der Waals surface area contributed by atoms with Crippen molar-refractivity contribution >= 4 is 24.0 Å². The maximum Gasteiger partial charge on any atom is 0.272 e. The summed E-state index contributed by atoms with van der Waals surface area (Å²) in [6.45, 7) is 0.705. The quantitative estimate of drug-likeness (QED) is 0.121. The van der Waals surface area contributed by atoms with Gasteiger partial charge in [0.05, 0.1) is 62.9 Å². The second kappa shape index (κ2) is 19.0. The van der Waals surface area contributed by atoms with Gasteiger partial charge in [-0.2, -0.15) is 0 Å². The first-order valence-corrected chi connectivity index (χ1v) is 17.1. The number of carbonyl (C=O) groups is 1. The van der Waals surface area contributed by atoms with Crippen LogP contribution in [-0.4, -0.2) is 92.5 Å². The van der Waals surface area contributed by atoms with Gasteiger partial charge in [-0.15, -0.1) is 12.4 Å². The highest BCUT2D eigenvalue weighted by Crippen LogP contribution is 2.41. The van der Waals surface area contributed by atoms with Gasteiger partial charge in [0.25, 0.3) is 5.91 Å². The molecule has 0 spiro atoms. The van der Waals surface area contributed by atoms with Gasteiger partial charge in [0, 0.05) is 29.8 Å². The van der Waals surface area contributed by atoms with Crippen LogP contribution < -0.4 is 37.9 Å². The number of nitrogens with zero attached hydrogens (tertiary/aromatic N) is 2. The summed E-state index contributed by atoms with van der Waals surface area (Å²) in [7, 11) is 12.7. The molecule has 0 saturated heterocycles. The summed E-state index contributed by atoms with van der Waals surface area (Å²) in [6, 6.07) is 21.4. The largest absolute Gasteiger partial charge is 0.493 e. The zero-order valence-corrected chi connectivity index (χ0v) is 32.5. The Balaban J connectivity index is 0.00000627. The first kappa shape index (κ1) is 40.5. The molecule has 0 radical (unpaired) electrons. The smallest absolute Gasteiger partial charge is 0.272 e. The fraction of sp³-hybridized carbons (Fsp3) is 0.366. The second-order valence-corrected chi connectivity index (χ2v) is 12.2. The van der Waals surface area contributed by atoms with Crippen molar-refractivity contribution in [2.45, 2.75) is 31.7 Å². The van der Waals surface area contributed by atoms with E-state index in [9.17, 15) is 4.79 Å². The Kier molecular flexibility index (Phi) is 14.5. The number of hydrogen-bond acceptors (Lipinski definition) is 10. The van der Waals surface area contributed by atoms with E-state index in [4.69, 9.17) is 42.9 Å². The third kappa shape index (κ3) is 8.85. The normalized spacial score (nSPS) is 13.1. The van der Waals surface area contributed by atoms with Gasteiger partial charge in [-0.05, 0) is 61.1 Å². The summed E-state index contributed by atoms with van der Waals surface area (Å²) < 4.78 is 45.2. The molecule has 53 heavy (non-hydrogen) atoms. The van der Waals surface area contributed by atoms with Crippen molar-refractivity contribution < 1.29 is 42.7 Å². The molecule has 1 aliphatic rings. The van der Waals surface area contributed by atoms with Crippen LogP contribution in [0.1, 0.15) is 27.8 Å². The number of ether oxygens (including phenoxy) is 8. The molecule has 5 rings (SSSR count). The van der Waals surface area contributed by atoms with E-state index in [1.807, 2.05) is 59.5 Å². The highest BCUT2D eigenvalue weighted by molar-refractivity contribution is 6.46. The molecule has 1 unspecified atom stereocenters. The maximum absolute atomic E-state index is 15.0. The van der Waals surface area contributed by atoms with Crippen molar-refractivity contribution in [3.63, 3.8) is 0 Å². The minimum absolute atomic E-state index is 0. The minimum Gasteiger partial charge on any atom is -0.493 e. The van der Waals surface area contributed by atoms with Crippen molar-refractivity contribution in [1.29, 1.82) is 0 Å². The van der Waals surface area contributed by atoms with Crippen molar-refractivity contribution in [3.8, 4) is 46.0 Å². The van der Waals surface area contributed by atoms with Crippen LogP contribution in [0.3, 0.4) is 0 Å². The van der Waals surface area contributed by atoms with Crippen LogP contribution in [0.5, 0.6) is 46.0 Å². The zero-order chi connectivity index (χ0) is 37.2. The Morgan fingerprint density at radius 2 is 1.11 bits per heavy atom. The highest BCUT2D eigenvalue weighted by Gasteiger charge is 2.31. The van der Waals surface area contributed by atoms with E-state index in [0.29, 0.717) is 90.5 Å². The fourth-order valence-electron chi connectivity index (χ4n) is 6.73. The lowest BCUT2D eigenvalue weighted by molar-refractivity contribution is -0.124. The van der Waals surface area contributed by atoms with E-state index in [2.05, 4.69) is 12.1 Å².